The summed E-state index contributed by atoms with van der Waals surface area (Å²) in [7, 11) is 0. The van der Waals surface area contributed by atoms with Gasteiger partial charge in [0.1, 0.15) is 11.7 Å². The molecular formula is C17H24N2OS. The lowest BCUT2D eigenvalue weighted by Gasteiger charge is -2.31. The van der Waals surface area contributed by atoms with E-state index in [1.54, 1.807) is 11.8 Å². The average Bonchev–Trinajstić information content (AvgIpc) is 3.17. The second-order valence-corrected chi connectivity index (χ2v) is 8.28. The second kappa shape index (κ2) is 5.03. The Morgan fingerprint density at radius 3 is 2.38 bits per heavy atom. The van der Waals surface area contributed by atoms with Crippen LogP contribution in [0.4, 0.5) is 0 Å². The van der Waals surface area contributed by atoms with Crippen molar-refractivity contribution < 1.29 is 4.79 Å². The normalized spacial score (nSPS) is 23.9. The van der Waals surface area contributed by atoms with Gasteiger partial charge in [-0.2, -0.15) is 0 Å². The number of rotatable bonds is 3. The molecular weight excluding hydrogens is 280 g/mol. The van der Waals surface area contributed by atoms with Crippen LogP contribution in [-0.4, -0.2) is 29.1 Å². The van der Waals surface area contributed by atoms with Gasteiger partial charge in [-0.3, -0.25) is 10.1 Å². The van der Waals surface area contributed by atoms with Gasteiger partial charge in [-0.1, -0.05) is 32.9 Å². The molecule has 0 aromatic heterocycles. The first-order valence-electron chi connectivity index (χ1n) is 7.57. The SMILES string of the molecule is CSc1ccc(C2NC3(CC3)C(=O)N2CC(C)(C)C)cc1. The van der Waals surface area contributed by atoms with Gasteiger partial charge in [-0.05, 0) is 42.2 Å². The Morgan fingerprint density at radius 1 is 1.29 bits per heavy atom. The van der Waals surface area contributed by atoms with Crippen LogP contribution in [0.1, 0.15) is 45.3 Å². The van der Waals surface area contributed by atoms with Gasteiger partial charge in [0.2, 0.25) is 5.91 Å². The molecule has 3 nitrogen and oxygen atoms in total. The molecule has 114 valence electrons. The minimum Gasteiger partial charge on any atom is -0.321 e. The summed E-state index contributed by atoms with van der Waals surface area (Å²) in [6.45, 7) is 7.35. The molecule has 0 bridgehead atoms. The fourth-order valence-corrected chi connectivity index (χ4v) is 3.41. The van der Waals surface area contributed by atoms with E-state index in [4.69, 9.17) is 0 Å². The number of hydrogen-bond donors (Lipinski definition) is 1. The Bertz CT molecular complexity index is 543. The highest BCUT2D eigenvalue weighted by molar-refractivity contribution is 7.98. The quantitative estimate of drug-likeness (QED) is 0.869. The summed E-state index contributed by atoms with van der Waals surface area (Å²) >= 11 is 1.74. The summed E-state index contributed by atoms with van der Waals surface area (Å²) in [6.07, 6.45) is 4.06. The number of thioether (sulfide) groups is 1. The van der Waals surface area contributed by atoms with Gasteiger partial charge in [-0.15, -0.1) is 11.8 Å². The molecule has 1 aliphatic carbocycles. The topological polar surface area (TPSA) is 32.3 Å². The molecule has 0 radical (unpaired) electrons. The van der Waals surface area contributed by atoms with Gasteiger partial charge in [0.05, 0.1) is 0 Å². The molecule has 1 saturated heterocycles. The maximum Gasteiger partial charge on any atom is 0.244 e. The van der Waals surface area contributed by atoms with E-state index in [9.17, 15) is 4.79 Å². The molecule has 1 aromatic rings. The Balaban J connectivity index is 1.88. The summed E-state index contributed by atoms with van der Waals surface area (Å²) in [5.74, 6) is 0.288. The summed E-state index contributed by atoms with van der Waals surface area (Å²) in [4.78, 5) is 16.0. The molecule has 1 aromatic carbocycles. The number of carbonyl (C=O) groups is 1. The molecule has 4 heteroatoms. The second-order valence-electron chi connectivity index (χ2n) is 7.40. The Labute approximate surface area is 131 Å². The molecule has 3 rings (SSSR count). The molecule has 1 N–H and O–H groups in total. The van der Waals surface area contributed by atoms with Crippen LogP contribution in [0.3, 0.4) is 0 Å². The third-order valence-corrected chi connectivity index (χ3v) is 4.96. The first-order valence-corrected chi connectivity index (χ1v) is 8.80. The maximum absolute atomic E-state index is 12.7. The van der Waals surface area contributed by atoms with Crippen molar-refractivity contribution in [3.05, 3.63) is 29.8 Å². The number of hydrogen-bond acceptors (Lipinski definition) is 3. The van der Waals surface area contributed by atoms with Gasteiger partial charge >= 0.3 is 0 Å². The molecule has 1 saturated carbocycles. The van der Waals surface area contributed by atoms with Crippen molar-refractivity contribution in [2.45, 2.75) is 50.2 Å². The van der Waals surface area contributed by atoms with E-state index in [-0.39, 0.29) is 23.0 Å². The van der Waals surface area contributed by atoms with Gasteiger partial charge in [0, 0.05) is 11.4 Å². The van der Waals surface area contributed by atoms with Crippen molar-refractivity contribution in [2.75, 3.05) is 12.8 Å². The molecule has 1 aliphatic heterocycles. The van der Waals surface area contributed by atoms with E-state index in [2.05, 4.69) is 56.6 Å². The van der Waals surface area contributed by atoms with Crippen LogP contribution in [0.15, 0.2) is 29.2 Å². The predicted molar refractivity (Wildman–Crippen MR) is 87.2 cm³/mol. The third-order valence-electron chi connectivity index (χ3n) is 4.22. The fourth-order valence-electron chi connectivity index (χ4n) is 3.00. The van der Waals surface area contributed by atoms with Crippen molar-refractivity contribution in [3.8, 4) is 0 Å². The van der Waals surface area contributed by atoms with Crippen LogP contribution in [0.2, 0.25) is 0 Å². The van der Waals surface area contributed by atoms with Gasteiger partial charge < -0.3 is 4.90 Å². The number of benzene rings is 1. The van der Waals surface area contributed by atoms with E-state index in [0.717, 1.165) is 19.4 Å². The molecule has 1 spiro atoms. The Hall–Kier alpha value is -1.00. The summed E-state index contributed by atoms with van der Waals surface area (Å²) in [6, 6.07) is 8.57. The van der Waals surface area contributed by atoms with Gasteiger partial charge in [-0.25, -0.2) is 0 Å². The fraction of sp³-hybridized carbons (Fsp3) is 0.588. The van der Waals surface area contributed by atoms with Crippen LogP contribution < -0.4 is 5.32 Å². The van der Waals surface area contributed by atoms with Gasteiger partial charge in [0.25, 0.3) is 0 Å². The van der Waals surface area contributed by atoms with E-state index >= 15 is 0 Å². The summed E-state index contributed by atoms with van der Waals surface area (Å²) in [5.41, 5.74) is 1.04. The minimum atomic E-state index is -0.256. The monoisotopic (exact) mass is 304 g/mol. The zero-order valence-corrected chi connectivity index (χ0v) is 14.1. The first kappa shape index (κ1) is 14.9. The molecule has 2 aliphatic rings. The molecule has 1 atom stereocenters. The lowest BCUT2D eigenvalue weighted by atomic mass is 9.95. The highest BCUT2D eigenvalue weighted by Gasteiger charge is 2.59. The molecule has 21 heavy (non-hydrogen) atoms. The highest BCUT2D eigenvalue weighted by atomic mass is 32.2. The smallest absolute Gasteiger partial charge is 0.244 e. The summed E-state index contributed by atoms with van der Waals surface area (Å²) in [5, 5.41) is 3.59. The van der Waals surface area contributed by atoms with Gasteiger partial charge in [0.15, 0.2) is 0 Å². The van der Waals surface area contributed by atoms with E-state index in [1.165, 1.54) is 10.5 Å². The largest absolute Gasteiger partial charge is 0.321 e. The zero-order chi connectivity index (χ0) is 15.3. The number of nitrogens with zero attached hydrogens (tertiary/aromatic N) is 1. The first-order chi connectivity index (χ1) is 9.85. The molecule has 2 fully saturated rings. The summed E-state index contributed by atoms with van der Waals surface area (Å²) < 4.78 is 0. The predicted octanol–water partition coefficient (Wildman–Crippen LogP) is 3.42. The highest BCUT2D eigenvalue weighted by Crippen LogP contribution is 2.46. The maximum atomic E-state index is 12.7. The van der Waals surface area contributed by atoms with Crippen molar-refractivity contribution in [1.29, 1.82) is 0 Å². The third kappa shape index (κ3) is 2.84. The van der Waals surface area contributed by atoms with Crippen molar-refractivity contribution in [2.24, 2.45) is 5.41 Å². The van der Waals surface area contributed by atoms with Crippen LogP contribution in [0.5, 0.6) is 0 Å². The van der Waals surface area contributed by atoms with Crippen LogP contribution >= 0.6 is 11.8 Å². The lowest BCUT2D eigenvalue weighted by molar-refractivity contribution is -0.132. The lowest BCUT2D eigenvalue weighted by Crippen LogP contribution is -2.38. The average molecular weight is 304 g/mol. The number of amides is 1. The number of nitrogens with one attached hydrogen (secondary N) is 1. The minimum absolute atomic E-state index is 0.0233. The van der Waals surface area contributed by atoms with Crippen molar-refractivity contribution in [3.63, 3.8) is 0 Å². The van der Waals surface area contributed by atoms with Crippen LogP contribution in [0, 0.1) is 5.41 Å². The van der Waals surface area contributed by atoms with E-state index in [1.807, 2.05) is 4.90 Å². The van der Waals surface area contributed by atoms with Crippen LogP contribution in [-0.2, 0) is 4.79 Å². The molecule has 1 amide bonds. The zero-order valence-electron chi connectivity index (χ0n) is 13.3. The van der Waals surface area contributed by atoms with E-state index < -0.39 is 0 Å². The number of carbonyl (C=O) groups excluding carboxylic acids is 1. The van der Waals surface area contributed by atoms with E-state index in [0.29, 0.717) is 0 Å². The van der Waals surface area contributed by atoms with Crippen molar-refractivity contribution in [1.82, 2.24) is 10.2 Å². The Morgan fingerprint density at radius 2 is 1.90 bits per heavy atom. The van der Waals surface area contributed by atoms with Crippen LogP contribution in [0.25, 0.3) is 0 Å². The molecule has 1 heterocycles. The molecule has 1 unspecified atom stereocenters. The Kier molecular flexibility index (Phi) is 3.57. The standard InChI is InChI=1S/C17H24N2OS/c1-16(2,3)11-19-14(18-17(9-10-17)15(19)20)12-5-7-13(21-4)8-6-12/h5-8,14,18H,9-11H2,1-4H3. The van der Waals surface area contributed by atoms with Crippen molar-refractivity contribution >= 4 is 17.7 Å².